The predicted octanol–water partition coefficient (Wildman–Crippen LogP) is -0.304. The third-order valence-electron chi connectivity index (χ3n) is 2.25. The first-order valence-electron chi connectivity index (χ1n) is 5.21. The van der Waals surface area contributed by atoms with E-state index in [2.05, 4.69) is 21.5 Å². The Kier molecular flexibility index (Phi) is 4.75. The number of hydrogen-bond acceptors (Lipinski definition) is 3. The first-order valence-corrected chi connectivity index (χ1v) is 5.21. The summed E-state index contributed by atoms with van der Waals surface area (Å²) >= 11 is 0. The standard InChI is InChI=1S/C11H14N4O3/c1-3-4-8(10(16)17)14-11(18)13-7-9-12-5-6-15(9)2/h1,5-6,8H,4,7H2,2H3,(H,16,17)(H2,13,14,18). The maximum absolute atomic E-state index is 11.4. The predicted molar refractivity (Wildman–Crippen MR) is 63.5 cm³/mol. The van der Waals surface area contributed by atoms with Gasteiger partial charge in [-0.15, -0.1) is 12.3 Å². The summed E-state index contributed by atoms with van der Waals surface area (Å²) in [5.74, 6) is 1.69. The van der Waals surface area contributed by atoms with Crippen LogP contribution in [-0.4, -0.2) is 32.7 Å². The van der Waals surface area contributed by atoms with Crippen LogP contribution in [-0.2, 0) is 18.4 Å². The summed E-state index contributed by atoms with van der Waals surface area (Å²) in [6, 6.07) is -1.68. The zero-order valence-corrected chi connectivity index (χ0v) is 9.88. The molecule has 0 bridgehead atoms. The molecule has 0 spiro atoms. The first kappa shape index (κ1) is 13.6. The van der Waals surface area contributed by atoms with Gasteiger partial charge in [-0.05, 0) is 0 Å². The molecule has 1 heterocycles. The van der Waals surface area contributed by atoms with Crippen molar-refractivity contribution in [3.8, 4) is 12.3 Å². The monoisotopic (exact) mass is 250 g/mol. The van der Waals surface area contributed by atoms with Crippen molar-refractivity contribution >= 4 is 12.0 Å². The second-order valence-electron chi connectivity index (χ2n) is 3.58. The Morgan fingerprint density at radius 3 is 2.89 bits per heavy atom. The van der Waals surface area contributed by atoms with E-state index in [0.717, 1.165) is 0 Å². The molecule has 1 unspecified atom stereocenters. The van der Waals surface area contributed by atoms with Gasteiger partial charge in [0.1, 0.15) is 11.9 Å². The Morgan fingerprint density at radius 2 is 2.39 bits per heavy atom. The summed E-state index contributed by atoms with van der Waals surface area (Å²) in [4.78, 5) is 26.2. The fraction of sp³-hybridized carbons (Fsp3) is 0.364. The molecule has 0 radical (unpaired) electrons. The minimum atomic E-state index is -1.17. The summed E-state index contributed by atoms with van der Waals surface area (Å²) in [5, 5.41) is 13.6. The van der Waals surface area contributed by atoms with Crippen LogP contribution in [0.1, 0.15) is 12.2 Å². The van der Waals surface area contributed by atoms with E-state index < -0.39 is 18.0 Å². The molecule has 0 fully saturated rings. The number of urea groups is 1. The number of nitrogens with one attached hydrogen (secondary N) is 2. The molecule has 0 saturated carbocycles. The van der Waals surface area contributed by atoms with Gasteiger partial charge < -0.3 is 20.3 Å². The molecule has 1 atom stereocenters. The van der Waals surface area contributed by atoms with E-state index in [0.29, 0.717) is 5.82 Å². The SMILES string of the molecule is C#CCC(NC(=O)NCc1nccn1C)C(=O)O. The van der Waals surface area contributed by atoms with E-state index in [1.165, 1.54) is 0 Å². The number of nitrogens with zero attached hydrogens (tertiary/aromatic N) is 2. The van der Waals surface area contributed by atoms with Crippen LogP contribution in [0.3, 0.4) is 0 Å². The number of aliphatic carboxylic acids is 1. The molecule has 1 rings (SSSR count). The van der Waals surface area contributed by atoms with Gasteiger partial charge in [0.2, 0.25) is 0 Å². The maximum atomic E-state index is 11.4. The molecule has 18 heavy (non-hydrogen) atoms. The molecular formula is C11H14N4O3. The number of aryl methyl sites for hydroxylation is 1. The Hall–Kier alpha value is -2.49. The number of hydrogen-bond donors (Lipinski definition) is 3. The van der Waals surface area contributed by atoms with Gasteiger partial charge in [-0.25, -0.2) is 14.6 Å². The van der Waals surface area contributed by atoms with Crippen LogP contribution in [0.5, 0.6) is 0 Å². The third-order valence-corrected chi connectivity index (χ3v) is 2.25. The lowest BCUT2D eigenvalue weighted by molar-refractivity contribution is -0.139. The van der Waals surface area contributed by atoms with Gasteiger partial charge in [0, 0.05) is 25.9 Å². The molecule has 0 aliphatic rings. The summed E-state index contributed by atoms with van der Waals surface area (Å²) in [6.45, 7) is 0.206. The Labute approximate surface area is 104 Å². The Morgan fingerprint density at radius 1 is 1.67 bits per heavy atom. The highest BCUT2D eigenvalue weighted by Crippen LogP contribution is 1.94. The Balaban J connectivity index is 2.44. The second kappa shape index (κ2) is 6.30. The first-order chi connectivity index (χ1) is 8.54. The highest BCUT2D eigenvalue weighted by molar-refractivity contribution is 5.82. The molecule has 2 amide bonds. The molecule has 0 saturated heterocycles. The average molecular weight is 250 g/mol. The van der Waals surface area contributed by atoms with Crippen LogP contribution in [0, 0.1) is 12.3 Å². The molecule has 7 heteroatoms. The summed E-state index contributed by atoms with van der Waals surface area (Å²) in [6.07, 6.45) is 8.30. The van der Waals surface area contributed by atoms with Gasteiger partial charge in [-0.1, -0.05) is 0 Å². The van der Waals surface area contributed by atoms with Crippen molar-refractivity contribution in [1.82, 2.24) is 20.2 Å². The van der Waals surface area contributed by atoms with Crippen molar-refractivity contribution < 1.29 is 14.7 Å². The summed E-state index contributed by atoms with van der Waals surface area (Å²) in [7, 11) is 1.79. The van der Waals surface area contributed by atoms with Gasteiger partial charge in [0.05, 0.1) is 6.54 Å². The number of terminal acetylenes is 1. The zero-order chi connectivity index (χ0) is 13.5. The van der Waals surface area contributed by atoms with Crippen molar-refractivity contribution in [2.75, 3.05) is 0 Å². The minimum Gasteiger partial charge on any atom is -0.480 e. The van der Waals surface area contributed by atoms with Crippen LogP contribution in [0.4, 0.5) is 4.79 Å². The van der Waals surface area contributed by atoms with Gasteiger partial charge in [0.15, 0.2) is 0 Å². The van der Waals surface area contributed by atoms with E-state index >= 15 is 0 Å². The number of carbonyl (C=O) groups excluding carboxylic acids is 1. The number of aromatic nitrogens is 2. The quantitative estimate of drug-likeness (QED) is 0.625. The lowest BCUT2D eigenvalue weighted by atomic mass is 10.2. The van der Waals surface area contributed by atoms with Crippen molar-refractivity contribution in [1.29, 1.82) is 0 Å². The number of carboxylic acid groups (broad SMARTS) is 1. The normalized spacial score (nSPS) is 11.3. The molecule has 0 aliphatic carbocycles. The molecule has 1 aromatic rings. The highest BCUT2D eigenvalue weighted by Gasteiger charge is 2.18. The van der Waals surface area contributed by atoms with Crippen molar-refractivity contribution in [3.05, 3.63) is 18.2 Å². The van der Waals surface area contributed by atoms with Crippen LogP contribution < -0.4 is 10.6 Å². The lowest BCUT2D eigenvalue weighted by Gasteiger charge is -2.12. The third kappa shape index (κ3) is 3.83. The molecule has 3 N–H and O–H groups in total. The highest BCUT2D eigenvalue weighted by atomic mass is 16.4. The van der Waals surface area contributed by atoms with Crippen molar-refractivity contribution in [2.24, 2.45) is 7.05 Å². The summed E-state index contributed by atoms with van der Waals surface area (Å²) < 4.78 is 1.75. The van der Waals surface area contributed by atoms with Crippen LogP contribution in [0.15, 0.2) is 12.4 Å². The fourth-order valence-electron chi connectivity index (χ4n) is 1.25. The topological polar surface area (TPSA) is 96.3 Å². The number of imidazole rings is 1. The van der Waals surface area contributed by atoms with Gasteiger partial charge >= 0.3 is 12.0 Å². The molecule has 7 nitrogen and oxygen atoms in total. The molecule has 0 aromatic carbocycles. The smallest absolute Gasteiger partial charge is 0.327 e. The van der Waals surface area contributed by atoms with Crippen molar-refractivity contribution in [2.45, 2.75) is 19.0 Å². The van der Waals surface area contributed by atoms with E-state index in [-0.39, 0.29) is 13.0 Å². The van der Waals surface area contributed by atoms with Crippen LogP contribution >= 0.6 is 0 Å². The van der Waals surface area contributed by atoms with Gasteiger partial charge in [-0.3, -0.25) is 0 Å². The molecule has 1 aromatic heterocycles. The lowest BCUT2D eigenvalue weighted by Crippen LogP contribution is -2.45. The van der Waals surface area contributed by atoms with Gasteiger partial charge in [0.25, 0.3) is 0 Å². The number of amides is 2. The van der Waals surface area contributed by atoms with E-state index in [9.17, 15) is 9.59 Å². The average Bonchev–Trinajstić information content (AvgIpc) is 2.71. The van der Waals surface area contributed by atoms with E-state index in [1.54, 1.807) is 24.0 Å². The maximum Gasteiger partial charge on any atom is 0.327 e. The largest absolute Gasteiger partial charge is 0.480 e. The van der Waals surface area contributed by atoms with Crippen LogP contribution in [0.25, 0.3) is 0 Å². The van der Waals surface area contributed by atoms with Crippen LogP contribution in [0.2, 0.25) is 0 Å². The zero-order valence-electron chi connectivity index (χ0n) is 9.88. The molecular weight excluding hydrogens is 236 g/mol. The second-order valence-corrected chi connectivity index (χ2v) is 3.58. The van der Waals surface area contributed by atoms with E-state index in [1.807, 2.05) is 0 Å². The number of carboxylic acids is 1. The molecule has 96 valence electrons. The summed E-state index contributed by atoms with van der Waals surface area (Å²) in [5.41, 5.74) is 0. The fourth-order valence-corrected chi connectivity index (χ4v) is 1.25. The van der Waals surface area contributed by atoms with Gasteiger partial charge in [-0.2, -0.15) is 0 Å². The number of rotatable bonds is 5. The number of carbonyl (C=O) groups is 2. The molecule has 0 aliphatic heterocycles. The van der Waals surface area contributed by atoms with E-state index in [4.69, 9.17) is 11.5 Å². The minimum absolute atomic E-state index is 0.0643. The Bertz CT molecular complexity index is 475. The van der Waals surface area contributed by atoms with Crippen molar-refractivity contribution in [3.63, 3.8) is 0 Å².